The van der Waals surface area contributed by atoms with Crippen LogP contribution in [0.3, 0.4) is 0 Å². The molecule has 0 saturated carbocycles. The average molecular weight is 371 g/mol. The fourth-order valence-electron chi connectivity index (χ4n) is 3.53. The Morgan fingerprint density at radius 3 is 2.00 bits per heavy atom. The second-order valence-electron chi connectivity index (χ2n) is 7.16. The molecule has 0 spiro atoms. The number of ketones is 2. The number of nitrogen functional groups attached to an aromatic ring is 1. The Labute approximate surface area is 163 Å². The molecule has 0 aliphatic heterocycles. The van der Waals surface area contributed by atoms with Crippen LogP contribution in [0.1, 0.15) is 45.7 Å². The van der Waals surface area contributed by atoms with Crippen molar-refractivity contribution in [1.29, 1.82) is 0 Å². The van der Waals surface area contributed by atoms with Crippen molar-refractivity contribution in [3.63, 3.8) is 0 Å². The topological polar surface area (TPSA) is 84.2 Å². The lowest BCUT2D eigenvalue weighted by Gasteiger charge is -2.24. The quantitative estimate of drug-likeness (QED) is 0.456. The molecule has 4 N–H and O–H groups in total. The molecule has 0 amide bonds. The van der Waals surface area contributed by atoms with E-state index < -0.39 is 0 Å². The number of nitrogens with two attached hydrogens (primary N) is 1. The van der Waals surface area contributed by atoms with E-state index in [1.165, 1.54) is 0 Å². The summed E-state index contributed by atoms with van der Waals surface area (Å²) in [5.74, 6) is -0.311. The van der Waals surface area contributed by atoms with Gasteiger partial charge in [-0.1, -0.05) is 30.3 Å². The normalized spacial score (nSPS) is 12.5. The summed E-state index contributed by atoms with van der Waals surface area (Å²) < 4.78 is 0. The Morgan fingerprint density at radius 2 is 1.39 bits per heavy atom. The standard InChI is InChI=1S/C23H21N3O2/c1-13(2)25-18-10-11-19(26-15-7-5-6-14(24)12-15)21-20(18)22(27)16-8-3-4-9-17(16)23(21)28/h3-13,25-26H,24H2,1-2H3. The Kier molecular flexibility index (Phi) is 4.35. The minimum absolute atomic E-state index is 0.122. The van der Waals surface area contributed by atoms with Gasteiger partial charge < -0.3 is 16.4 Å². The summed E-state index contributed by atoms with van der Waals surface area (Å²) in [6, 6.07) is 18.0. The third kappa shape index (κ3) is 3.01. The van der Waals surface area contributed by atoms with Gasteiger partial charge in [-0.25, -0.2) is 0 Å². The molecule has 0 radical (unpaired) electrons. The van der Waals surface area contributed by atoms with Crippen LogP contribution in [-0.2, 0) is 0 Å². The van der Waals surface area contributed by atoms with Gasteiger partial charge >= 0.3 is 0 Å². The summed E-state index contributed by atoms with van der Waals surface area (Å²) in [5, 5.41) is 6.55. The van der Waals surface area contributed by atoms with Gasteiger partial charge in [-0.15, -0.1) is 0 Å². The first-order valence-electron chi connectivity index (χ1n) is 9.20. The SMILES string of the molecule is CC(C)Nc1ccc(Nc2cccc(N)c2)c2c1C(=O)c1ccccc1C2=O. The second kappa shape index (κ2) is 6.85. The molecule has 0 heterocycles. The number of anilines is 4. The average Bonchev–Trinajstić information content (AvgIpc) is 2.67. The highest BCUT2D eigenvalue weighted by molar-refractivity contribution is 6.32. The van der Waals surface area contributed by atoms with Crippen LogP contribution in [-0.4, -0.2) is 17.6 Å². The lowest BCUT2D eigenvalue weighted by molar-refractivity contribution is 0.0980. The zero-order valence-corrected chi connectivity index (χ0v) is 15.7. The number of rotatable bonds is 4. The smallest absolute Gasteiger partial charge is 0.196 e. The number of hydrogen-bond acceptors (Lipinski definition) is 5. The number of carbonyl (C=O) groups excluding carboxylic acids is 2. The third-order valence-electron chi connectivity index (χ3n) is 4.69. The molecule has 1 aliphatic rings. The molecule has 0 unspecified atom stereocenters. The van der Waals surface area contributed by atoms with Crippen LogP contribution in [0.2, 0.25) is 0 Å². The Morgan fingerprint density at radius 1 is 0.786 bits per heavy atom. The van der Waals surface area contributed by atoms with E-state index in [9.17, 15) is 9.59 Å². The van der Waals surface area contributed by atoms with Gasteiger partial charge in [-0.05, 0) is 44.2 Å². The maximum Gasteiger partial charge on any atom is 0.196 e. The molecule has 28 heavy (non-hydrogen) atoms. The fourth-order valence-corrected chi connectivity index (χ4v) is 3.53. The predicted molar refractivity (Wildman–Crippen MR) is 113 cm³/mol. The van der Waals surface area contributed by atoms with Crippen molar-refractivity contribution in [1.82, 2.24) is 0 Å². The van der Waals surface area contributed by atoms with Crippen LogP contribution in [0, 0.1) is 0 Å². The molecular formula is C23H21N3O2. The summed E-state index contributed by atoms with van der Waals surface area (Å²) >= 11 is 0. The van der Waals surface area contributed by atoms with Crippen LogP contribution in [0.25, 0.3) is 0 Å². The molecule has 140 valence electrons. The van der Waals surface area contributed by atoms with E-state index in [4.69, 9.17) is 5.73 Å². The molecule has 0 bridgehead atoms. The number of nitrogens with one attached hydrogen (secondary N) is 2. The number of hydrogen-bond donors (Lipinski definition) is 3. The summed E-state index contributed by atoms with van der Waals surface area (Å²) in [6.07, 6.45) is 0. The number of fused-ring (bicyclic) bond motifs is 2. The number of carbonyl (C=O) groups is 2. The first kappa shape index (κ1) is 17.8. The maximum absolute atomic E-state index is 13.3. The van der Waals surface area contributed by atoms with Crippen molar-refractivity contribution in [2.45, 2.75) is 19.9 Å². The largest absolute Gasteiger partial charge is 0.399 e. The summed E-state index contributed by atoms with van der Waals surface area (Å²) in [6.45, 7) is 3.99. The van der Waals surface area contributed by atoms with Crippen molar-refractivity contribution >= 4 is 34.3 Å². The van der Waals surface area contributed by atoms with E-state index in [0.717, 1.165) is 5.69 Å². The first-order valence-corrected chi connectivity index (χ1v) is 9.20. The fraction of sp³-hybridized carbons (Fsp3) is 0.130. The minimum Gasteiger partial charge on any atom is -0.399 e. The van der Waals surface area contributed by atoms with E-state index >= 15 is 0 Å². The van der Waals surface area contributed by atoms with Gasteiger partial charge in [-0.3, -0.25) is 9.59 Å². The van der Waals surface area contributed by atoms with Gasteiger partial charge in [0.15, 0.2) is 11.6 Å². The van der Waals surface area contributed by atoms with Crippen LogP contribution >= 0.6 is 0 Å². The zero-order chi connectivity index (χ0) is 19.8. The van der Waals surface area contributed by atoms with E-state index in [2.05, 4.69) is 10.6 Å². The lowest BCUT2D eigenvalue weighted by Crippen LogP contribution is -2.25. The Hall–Kier alpha value is -3.60. The molecule has 5 nitrogen and oxygen atoms in total. The summed E-state index contributed by atoms with van der Waals surface area (Å²) in [7, 11) is 0. The molecule has 5 heteroatoms. The van der Waals surface area contributed by atoms with Crippen molar-refractivity contribution in [2.75, 3.05) is 16.4 Å². The Balaban J connectivity index is 1.91. The molecule has 1 aliphatic carbocycles. The van der Waals surface area contributed by atoms with E-state index in [-0.39, 0.29) is 17.6 Å². The van der Waals surface area contributed by atoms with Crippen LogP contribution < -0.4 is 16.4 Å². The Bertz CT molecular complexity index is 1100. The molecule has 4 rings (SSSR count). The maximum atomic E-state index is 13.3. The van der Waals surface area contributed by atoms with Crippen LogP contribution in [0.4, 0.5) is 22.7 Å². The highest BCUT2D eigenvalue weighted by Crippen LogP contribution is 2.37. The highest BCUT2D eigenvalue weighted by atomic mass is 16.1. The van der Waals surface area contributed by atoms with E-state index in [1.807, 2.05) is 38.1 Å². The number of benzene rings is 3. The lowest BCUT2D eigenvalue weighted by atomic mass is 9.82. The molecule has 0 atom stereocenters. The second-order valence-corrected chi connectivity index (χ2v) is 7.16. The van der Waals surface area contributed by atoms with Crippen molar-refractivity contribution in [3.05, 3.63) is 82.9 Å². The zero-order valence-electron chi connectivity index (χ0n) is 15.7. The molecule has 0 fully saturated rings. The minimum atomic E-state index is -0.163. The van der Waals surface area contributed by atoms with Crippen molar-refractivity contribution in [3.8, 4) is 0 Å². The van der Waals surface area contributed by atoms with Gasteiger partial charge in [0.2, 0.25) is 0 Å². The molecule has 0 saturated heterocycles. The predicted octanol–water partition coefficient (Wildman–Crippen LogP) is 4.61. The van der Waals surface area contributed by atoms with Crippen LogP contribution in [0.15, 0.2) is 60.7 Å². The molecular weight excluding hydrogens is 350 g/mol. The van der Waals surface area contributed by atoms with Crippen LogP contribution in [0.5, 0.6) is 0 Å². The van der Waals surface area contributed by atoms with Gasteiger partial charge in [0, 0.05) is 34.2 Å². The van der Waals surface area contributed by atoms with Crippen molar-refractivity contribution in [2.24, 2.45) is 0 Å². The first-order chi connectivity index (χ1) is 13.5. The van der Waals surface area contributed by atoms with Gasteiger partial charge in [0.25, 0.3) is 0 Å². The summed E-state index contributed by atoms with van der Waals surface area (Å²) in [5.41, 5.74) is 10.2. The molecule has 3 aromatic rings. The van der Waals surface area contributed by atoms with Crippen molar-refractivity contribution < 1.29 is 9.59 Å². The van der Waals surface area contributed by atoms with Gasteiger partial charge in [-0.2, -0.15) is 0 Å². The highest BCUT2D eigenvalue weighted by Gasteiger charge is 2.34. The monoisotopic (exact) mass is 371 g/mol. The van der Waals surface area contributed by atoms with Gasteiger partial charge in [0.1, 0.15) is 0 Å². The van der Waals surface area contributed by atoms with Gasteiger partial charge in [0.05, 0.1) is 16.8 Å². The van der Waals surface area contributed by atoms with E-state index in [1.54, 1.807) is 36.4 Å². The molecule has 0 aromatic heterocycles. The molecule has 3 aromatic carbocycles. The van der Waals surface area contributed by atoms with E-state index in [0.29, 0.717) is 39.3 Å². The third-order valence-corrected chi connectivity index (χ3v) is 4.69. The summed E-state index contributed by atoms with van der Waals surface area (Å²) in [4.78, 5) is 26.6.